The van der Waals surface area contributed by atoms with Crippen molar-refractivity contribution in [3.05, 3.63) is 91.9 Å². The van der Waals surface area contributed by atoms with Crippen molar-refractivity contribution in [2.45, 2.75) is 40.5 Å². The summed E-state index contributed by atoms with van der Waals surface area (Å²) in [6.45, 7) is 26.2. The minimum atomic E-state index is -0.431. The summed E-state index contributed by atoms with van der Waals surface area (Å²) in [6, 6.07) is 4.29. The number of rotatable bonds is 9. The van der Waals surface area contributed by atoms with Crippen molar-refractivity contribution < 1.29 is 9.90 Å². The molecule has 0 aliphatic rings. The van der Waals surface area contributed by atoms with Crippen molar-refractivity contribution in [3.63, 3.8) is 0 Å². The van der Waals surface area contributed by atoms with Gasteiger partial charge in [0.15, 0.2) is 0 Å². The van der Waals surface area contributed by atoms with E-state index >= 15 is 0 Å². The molecule has 0 aliphatic heterocycles. The highest BCUT2D eigenvalue weighted by Crippen LogP contribution is 2.39. The molecule has 0 spiro atoms. The highest BCUT2D eigenvalue weighted by molar-refractivity contribution is 7.14. The van der Waals surface area contributed by atoms with Crippen LogP contribution in [0.2, 0.25) is 0 Å². The number of carbonyl (C=O) groups excluding carboxylic acids is 1. The fourth-order valence-electron chi connectivity index (χ4n) is 3.17. The van der Waals surface area contributed by atoms with Gasteiger partial charge >= 0.3 is 0 Å². The predicted octanol–water partition coefficient (Wildman–Crippen LogP) is 6.69. The Morgan fingerprint density at radius 2 is 1.61 bits per heavy atom. The van der Waals surface area contributed by atoms with Crippen LogP contribution in [0.15, 0.2) is 61.2 Å². The van der Waals surface area contributed by atoms with Crippen molar-refractivity contribution in [2.24, 2.45) is 0 Å². The van der Waals surface area contributed by atoms with Gasteiger partial charge in [-0.3, -0.25) is 4.79 Å². The second-order valence-electron chi connectivity index (χ2n) is 7.72. The van der Waals surface area contributed by atoms with E-state index in [0.29, 0.717) is 16.7 Å². The second kappa shape index (κ2) is 10.2. The van der Waals surface area contributed by atoms with E-state index < -0.39 is 6.73 Å². The van der Waals surface area contributed by atoms with Gasteiger partial charge in [-0.1, -0.05) is 44.9 Å². The summed E-state index contributed by atoms with van der Waals surface area (Å²) in [4.78, 5) is 17.1. The average Bonchev–Trinajstić information content (AvgIpc) is 3.26. The molecule has 1 atom stereocenters. The summed E-state index contributed by atoms with van der Waals surface area (Å²) in [5.41, 5.74) is 5.94. The van der Waals surface area contributed by atoms with Crippen LogP contribution in [0.3, 0.4) is 0 Å². The lowest BCUT2D eigenvalue weighted by Gasteiger charge is -2.14. The fourth-order valence-corrected chi connectivity index (χ4v) is 5.32. The molecule has 2 heterocycles. The van der Waals surface area contributed by atoms with Crippen LogP contribution in [-0.2, 0) is 4.79 Å². The first kappa shape index (κ1) is 24.8. The molecule has 2 aromatic heterocycles. The van der Waals surface area contributed by atoms with E-state index in [-0.39, 0.29) is 11.8 Å². The molecule has 0 fully saturated rings. The minimum Gasteiger partial charge on any atom is -0.376 e. The van der Waals surface area contributed by atoms with Crippen LogP contribution < -0.4 is 5.32 Å². The van der Waals surface area contributed by atoms with Gasteiger partial charge in [-0.25, -0.2) is 0 Å². The zero-order valence-electron chi connectivity index (χ0n) is 19.0. The van der Waals surface area contributed by atoms with Crippen LogP contribution >= 0.6 is 22.7 Å². The number of aliphatic hydroxyl groups is 1. The van der Waals surface area contributed by atoms with E-state index in [2.05, 4.69) is 64.5 Å². The Labute approximate surface area is 193 Å². The lowest BCUT2D eigenvalue weighted by Crippen LogP contribution is -2.26. The van der Waals surface area contributed by atoms with Crippen LogP contribution in [0, 0.1) is 20.8 Å². The lowest BCUT2D eigenvalue weighted by atomic mass is 9.93. The van der Waals surface area contributed by atoms with Crippen molar-refractivity contribution >= 4 is 39.7 Å². The van der Waals surface area contributed by atoms with Crippen molar-refractivity contribution in [3.8, 4) is 0 Å². The number of aliphatic hydroxyl groups excluding tert-OH is 1. The summed E-state index contributed by atoms with van der Waals surface area (Å²) in [5, 5.41) is 11.5. The number of nitrogens with one attached hydrogen (secondary N) is 1. The monoisotopic (exact) mass is 453 g/mol. The summed E-state index contributed by atoms with van der Waals surface area (Å²) in [7, 11) is 0. The Morgan fingerprint density at radius 3 is 2.10 bits per heavy atom. The Bertz CT molecular complexity index is 1080. The zero-order chi connectivity index (χ0) is 23.5. The van der Waals surface area contributed by atoms with Gasteiger partial charge in [-0.2, -0.15) is 0 Å². The van der Waals surface area contributed by atoms with Crippen LogP contribution in [0.25, 0.3) is 11.1 Å². The molecule has 0 bridgehead atoms. The first-order valence-corrected chi connectivity index (χ1v) is 11.6. The third-order valence-corrected chi connectivity index (χ3v) is 7.65. The number of thiophene rings is 2. The number of amides is 1. The fraction of sp³-hybridized carbons (Fsp3) is 0.269. The number of hydrogen-bond acceptors (Lipinski definition) is 4. The lowest BCUT2D eigenvalue weighted by molar-refractivity contribution is -0.118. The van der Waals surface area contributed by atoms with Crippen LogP contribution in [0.5, 0.6) is 0 Å². The largest absolute Gasteiger partial charge is 0.376 e. The molecule has 2 aromatic rings. The summed E-state index contributed by atoms with van der Waals surface area (Å²) < 4.78 is 0. The maximum atomic E-state index is 12.5. The molecule has 3 nitrogen and oxygen atoms in total. The zero-order valence-corrected chi connectivity index (χ0v) is 20.6. The normalized spacial score (nSPS) is 12.4. The van der Waals surface area contributed by atoms with E-state index in [4.69, 9.17) is 5.11 Å². The molecule has 1 unspecified atom stereocenters. The highest BCUT2D eigenvalue weighted by Gasteiger charge is 2.19. The number of carbonyl (C=O) groups is 1. The van der Waals surface area contributed by atoms with Gasteiger partial charge in [0.05, 0.1) is 0 Å². The van der Waals surface area contributed by atoms with E-state index in [1.165, 1.54) is 10.4 Å². The number of allylic oxidation sites excluding steroid dienone is 4. The molecule has 2 N–H and O–H groups in total. The van der Waals surface area contributed by atoms with Gasteiger partial charge in [-0.05, 0) is 67.7 Å². The molecule has 0 aromatic carbocycles. The van der Waals surface area contributed by atoms with E-state index in [1.54, 1.807) is 22.7 Å². The molecule has 0 saturated heterocycles. The van der Waals surface area contributed by atoms with Crippen molar-refractivity contribution in [1.82, 2.24) is 5.32 Å². The van der Waals surface area contributed by atoms with Gasteiger partial charge in [0, 0.05) is 31.0 Å². The Balaban J connectivity index is 2.37. The number of aryl methyl sites for hydroxylation is 3. The Hall–Kier alpha value is -2.47. The summed E-state index contributed by atoms with van der Waals surface area (Å²) in [5.74, 6) is -0.399. The SMILES string of the molecule is C=C(C)C(=C)/C(=C\C(C)c1cc(C(=C)C(=C)c2cc(C)c(C)s2)sc1C)C(=O)NCO. The van der Waals surface area contributed by atoms with E-state index in [0.717, 1.165) is 31.3 Å². The van der Waals surface area contributed by atoms with E-state index in [9.17, 15) is 4.79 Å². The first-order chi connectivity index (χ1) is 14.5. The van der Waals surface area contributed by atoms with Crippen molar-refractivity contribution in [1.29, 1.82) is 0 Å². The first-order valence-electron chi connectivity index (χ1n) is 10.00. The predicted molar refractivity (Wildman–Crippen MR) is 137 cm³/mol. The summed E-state index contributed by atoms with van der Waals surface area (Å²) in [6.07, 6.45) is 1.88. The standard InChI is InChI=1S/C26H31NO2S2/c1-14(2)17(5)23(26(29)27-13-28)10-16(4)22-12-25(31-21(22)9)19(7)18(6)24-11-15(3)20(8)30-24/h10-12,16,28H,1,5-7,13H2,2-4,8-9H3,(H,27,29)/b23-10+. The van der Waals surface area contributed by atoms with Crippen molar-refractivity contribution in [2.75, 3.05) is 6.73 Å². The van der Waals surface area contributed by atoms with Crippen LogP contribution in [0.4, 0.5) is 0 Å². The third kappa shape index (κ3) is 5.62. The maximum Gasteiger partial charge on any atom is 0.253 e. The molecule has 0 radical (unpaired) electrons. The van der Waals surface area contributed by atoms with E-state index in [1.807, 2.05) is 19.9 Å². The molecule has 2 rings (SSSR count). The van der Waals surface area contributed by atoms with Crippen LogP contribution in [-0.4, -0.2) is 17.7 Å². The molecular weight excluding hydrogens is 422 g/mol. The average molecular weight is 454 g/mol. The molecule has 0 saturated carbocycles. The van der Waals surface area contributed by atoms with Gasteiger partial charge in [-0.15, -0.1) is 22.7 Å². The maximum absolute atomic E-state index is 12.5. The van der Waals surface area contributed by atoms with Gasteiger partial charge in [0.2, 0.25) is 0 Å². The van der Waals surface area contributed by atoms with Gasteiger partial charge in [0.1, 0.15) is 6.73 Å². The van der Waals surface area contributed by atoms with Gasteiger partial charge < -0.3 is 10.4 Å². The Kier molecular flexibility index (Phi) is 8.18. The Morgan fingerprint density at radius 1 is 1.06 bits per heavy atom. The number of hydrogen-bond donors (Lipinski definition) is 2. The third-order valence-electron chi connectivity index (χ3n) is 5.31. The van der Waals surface area contributed by atoms with Gasteiger partial charge in [0.25, 0.3) is 5.91 Å². The summed E-state index contributed by atoms with van der Waals surface area (Å²) >= 11 is 3.42. The molecular formula is C26H31NO2S2. The van der Waals surface area contributed by atoms with Crippen LogP contribution in [0.1, 0.15) is 50.4 Å². The topological polar surface area (TPSA) is 49.3 Å². The molecule has 5 heteroatoms. The smallest absolute Gasteiger partial charge is 0.253 e. The molecule has 0 aliphatic carbocycles. The molecule has 1 amide bonds. The minimum absolute atomic E-state index is 0.0344. The highest BCUT2D eigenvalue weighted by atomic mass is 32.1. The second-order valence-corrected chi connectivity index (χ2v) is 10.2. The molecule has 164 valence electrons. The molecule has 31 heavy (non-hydrogen) atoms. The quantitative estimate of drug-likeness (QED) is 0.252.